The second kappa shape index (κ2) is 15.2. The van der Waals surface area contributed by atoms with Crippen molar-refractivity contribution in [2.45, 2.75) is 63.7 Å². The summed E-state index contributed by atoms with van der Waals surface area (Å²) in [5, 5.41) is 35.6. The Bertz CT molecular complexity index is 1170. The average Bonchev–Trinajstić information content (AvgIpc) is 2.88. The number of hydrogen-bond donors (Lipinski definition) is 7. The number of benzene rings is 2. The van der Waals surface area contributed by atoms with Crippen LogP contribution in [-0.4, -0.2) is 69.1 Å². The van der Waals surface area contributed by atoms with Gasteiger partial charge < -0.3 is 37.0 Å². The van der Waals surface area contributed by atoms with E-state index in [1.807, 2.05) is 13.8 Å². The zero-order valence-corrected chi connectivity index (χ0v) is 22.4. The molecule has 2 aromatic carbocycles. The summed E-state index contributed by atoms with van der Waals surface area (Å²) in [4.78, 5) is 62.1. The monoisotopic (exact) mass is 556 g/mol. The van der Waals surface area contributed by atoms with Gasteiger partial charge in [0.15, 0.2) is 0 Å². The van der Waals surface area contributed by atoms with Gasteiger partial charge in [-0.1, -0.05) is 56.3 Å². The fourth-order valence-electron chi connectivity index (χ4n) is 3.94. The predicted molar refractivity (Wildman–Crippen MR) is 145 cm³/mol. The van der Waals surface area contributed by atoms with E-state index in [0.29, 0.717) is 11.1 Å². The first-order valence-corrected chi connectivity index (χ1v) is 12.8. The number of carboxylic acids is 2. The number of phenols is 1. The number of amides is 3. The molecule has 8 N–H and O–H groups in total. The molecule has 0 saturated heterocycles. The number of aliphatic carboxylic acids is 2. The van der Waals surface area contributed by atoms with Gasteiger partial charge in [0.05, 0.1) is 12.5 Å². The Hall–Kier alpha value is -4.45. The van der Waals surface area contributed by atoms with Gasteiger partial charge in [0.2, 0.25) is 17.7 Å². The number of carbonyl (C=O) groups excluding carboxylic acids is 3. The summed E-state index contributed by atoms with van der Waals surface area (Å²) in [7, 11) is 0. The summed E-state index contributed by atoms with van der Waals surface area (Å²) in [5.74, 6) is -5.17. The zero-order valence-electron chi connectivity index (χ0n) is 22.4. The Morgan fingerprint density at radius 1 is 0.725 bits per heavy atom. The third kappa shape index (κ3) is 10.7. The molecule has 0 saturated carbocycles. The molecule has 2 rings (SSSR count). The topological polar surface area (TPSA) is 208 Å². The smallest absolute Gasteiger partial charge is 0.326 e. The van der Waals surface area contributed by atoms with E-state index in [0.717, 1.165) is 0 Å². The van der Waals surface area contributed by atoms with Crippen molar-refractivity contribution in [1.82, 2.24) is 16.0 Å². The van der Waals surface area contributed by atoms with Crippen molar-refractivity contribution < 1.29 is 39.3 Å². The van der Waals surface area contributed by atoms with Crippen LogP contribution in [0.2, 0.25) is 0 Å². The Kier molecular flexibility index (Phi) is 12.1. The molecule has 0 fully saturated rings. The van der Waals surface area contributed by atoms with Crippen LogP contribution < -0.4 is 21.7 Å². The molecule has 2 aromatic rings. The van der Waals surface area contributed by atoms with Crippen molar-refractivity contribution in [2.24, 2.45) is 11.7 Å². The fourth-order valence-corrected chi connectivity index (χ4v) is 3.94. The molecular weight excluding hydrogens is 520 g/mol. The lowest BCUT2D eigenvalue weighted by Crippen LogP contribution is -2.58. The maximum Gasteiger partial charge on any atom is 0.326 e. The highest BCUT2D eigenvalue weighted by Crippen LogP contribution is 2.12. The van der Waals surface area contributed by atoms with Gasteiger partial charge in [0, 0.05) is 6.42 Å². The van der Waals surface area contributed by atoms with Gasteiger partial charge in [-0.2, -0.15) is 0 Å². The first kappa shape index (κ1) is 31.8. The largest absolute Gasteiger partial charge is 0.508 e. The Morgan fingerprint density at radius 3 is 1.80 bits per heavy atom. The van der Waals surface area contributed by atoms with E-state index >= 15 is 0 Å². The summed E-state index contributed by atoms with van der Waals surface area (Å²) in [6.07, 6.45) is -0.570. The van der Waals surface area contributed by atoms with Crippen molar-refractivity contribution in [1.29, 1.82) is 0 Å². The molecule has 12 heteroatoms. The lowest BCUT2D eigenvalue weighted by Gasteiger charge is -2.25. The number of carboxylic acid groups (broad SMARTS) is 2. The van der Waals surface area contributed by atoms with Gasteiger partial charge in [-0.3, -0.25) is 19.2 Å². The molecule has 0 aromatic heterocycles. The van der Waals surface area contributed by atoms with E-state index < -0.39 is 60.2 Å². The molecule has 0 spiro atoms. The predicted octanol–water partition coefficient (Wildman–Crippen LogP) is 0.565. The molecule has 4 atom stereocenters. The highest BCUT2D eigenvalue weighted by molar-refractivity contribution is 5.95. The van der Waals surface area contributed by atoms with Crippen molar-refractivity contribution in [3.05, 3.63) is 65.7 Å². The first-order valence-electron chi connectivity index (χ1n) is 12.8. The molecule has 0 radical (unpaired) electrons. The van der Waals surface area contributed by atoms with Crippen LogP contribution in [0, 0.1) is 5.92 Å². The average molecular weight is 557 g/mol. The van der Waals surface area contributed by atoms with Crippen molar-refractivity contribution >= 4 is 29.7 Å². The number of carbonyl (C=O) groups is 5. The maximum atomic E-state index is 13.2. The van der Waals surface area contributed by atoms with Crippen molar-refractivity contribution in [3.8, 4) is 5.75 Å². The Labute approximate surface area is 232 Å². The molecule has 40 heavy (non-hydrogen) atoms. The molecule has 0 heterocycles. The van der Waals surface area contributed by atoms with Gasteiger partial charge in [0.25, 0.3) is 0 Å². The molecule has 12 nitrogen and oxygen atoms in total. The lowest BCUT2D eigenvalue weighted by atomic mass is 10.0. The van der Waals surface area contributed by atoms with E-state index in [9.17, 15) is 39.3 Å². The number of rotatable bonds is 15. The summed E-state index contributed by atoms with van der Waals surface area (Å²) in [5.41, 5.74) is 7.35. The van der Waals surface area contributed by atoms with E-state index in [2.05, 4.69) is 16.0 Å². The van der Waals surface area contributed by atoms with E-state index in [1.165, 1.54) is 12.1 Å². The van der Waals surface area contributed by atoms with Gasteiger partial charge in [-0.05, 0) is 42.0 Å². The van der Waals surface area contributed by atoms with Crippen LogP contribution in [0.15, 0.2) is 54.6 Å². The van der Waals surface area contributed by atoms with Crippen LogP contribution in [-0.2, 0) is 36.8 Å². The maximum absolute atomic E-state index is 13.2. The highest BCUT2D eigenvalue weighted by Gasteiger charge is 2.32. The molecule has 4 unspecified atom stereocenters. The van der Waals surface area contributed by atoms with Gasteiger partial charge in [-0.15, -0.1) is 0 Å². The van der Waals surface area contributed by atoms with Gasteiger partial charge in [-0.25, -0.2) is 4.79 Å². The minimum Gasteiger partial charge on any atom is -0.508 e. The van der Waals surface area contributed by atoms with E-state index in [-0.39, 0.29) is 30.9 Å². The summed E-state index contributed by atoms with van der Waals surface area (Å²) < 4.78 is 0. The van der Waals surface area contributed by atoms with Crippen molar-refractivity contribution in [2.75, 3.05) is 0 Å². The van der Waals surface area contributed by atoms with Crippen LogP contribution in [0.4, 0.5) is 0 Å². The SMILES string of the molecule is CC(C)CC(NC(=O)C(N)Cc1ccc(O)cc1)C(=O)NC(CC(=O)O)C(=O)NC(Cc1ccccc1)C(=O)O. The van der Waals surface area contributed by atoms with E-state index in [1.54, 1.807) is 42.5 Å². The molecular formula is C28H36N4O8. The van der Waals surface area contributed by atoms with E-state index in [4.69, 9.17) is 5.73 Å². The number of nitrogens with one attached hydrogen (secondary N) is 3. The zero-order chi connectivity index (χ0) is 29.8. The summed E-state index contributed by atoms with van der Waals surface area (Å²) >= 11 is 0. The molecule has 0 aliphatic heterocycles. The lowest BCUT2D eigenvalue weighted by molar-refractivity contribution is -0.143. The van der Waals surface area contributed by atoms with Gasteiger partial charge in [0.1, 0.15) is 23.9 Å². The summed E-state index contributed by atoms with van der Waals surface area (Å²) in [6.45, 7) is 3.62. The van der Waals surface area contributed by atoms with Gasteiger partial charge >= 0.3 is 11.9 Å². The van der Waals surface area contributed by atoms with Crippen molar-refractivity contribution in [3.63, 3.8) is 0 Å². The molecule has 0 aliphatic rings. The number of phenolic OH excluding ortho intramolecular Hbond substituents is 1. The fraction of sp³-hybridized carbons (Fsp3) is 0.393. The number of hydrogen-bond acceptors (Lipinski definition) is 7. The van der Waals surface area contributed by atoms with Crippen LogP contribution in [0.1, 0.15) is 37.8 Å². The molecule has 0 bridgehead atoms. The number of nitrogens with two attached hydrogens (primary N) is 1. The van der Waals surface area contributed by atoms with Crippen LogP contribution >= 0.6 is 0 Å². The normalized spacial score (nSPS) is 13.9. The molecule has 3 amide bonds. The molecule has 216 valence electrons. The molecule has 0 aliphatic carbocycles. The third-order valence-electron chi connectivity index (χ3n) is 5.98. The third-order valence-corrected chi connectivity index (χ3v) is 5.98. The van der Waals surface area contributed by atoms with Crippen LogP contribution in [0.5, 0.6) is 5.75 Å². The first-order chi connectivity index (χ1) is 18.8. The quantitative estimate of drug-likeness (QED) is 0.163. The standard InChI is InChI=1S/C28H36N4O8/c1-16(2)12-21(30-25(36)20(29)13-18-8-10-19(33)11-9-18)26(37)31-22(15-24(34)35)27(38)32-23(28(39)40)14-17-6-4-3-5-7-17/h3-11,16,20-23,33H,12-15,29H2,1-2H3,(H,30,36)(H,31,37)(H,32,38)(H,34,35)(H,39,40). The summed E-state index contributed by atoms with van der Waals surface area (Å²) in [6, 6.07) is 9.54. The van der Waals surface area contributed by atoms with Crippen LogP contribution in [0.3, 0.4) is 0 Å². The number of aromatic hydroxyl groups is 1. The minimum absolute atomic E-state index is 0.0550. The Balaban J connectivity index is 2.12. The van der Waals surface area contributed by atoms with Crippen LogP contribution in [0.25, 0.3) is 0 Å². The second-order valence-electron chi connectivity index (χ2n) is 9.92. The minimum atomic E-state index is -1.60. The Morgan fingerprint density at radius 2 is 1.25 bits per heavy atom. The highest BCUT2D eigenvalue weighted by atomic mass is 16.4. The second-order valence-corrected chi connectivity index (χ2v) is 9.92.